The zero-order valence-electron chi connectivity index (χ0n) is 11.6. The predicted octanol–water partition coefficient (Wildman–Crippen LogP) is 2.80. The summed E-state index contributed by atoms with van der Waals surface area (Å²) in [5, 5.41) is 0. The van der Waals surface area contributed by atoms with E-state index in [4.69, 9.17) is 0 Å². The molecule has 0 N–H and O–H groups in total. The molecule has 0 radical (unpaired) electrons. The van der Waals surface area contributed by atoms with Gasteiger partial charge in [-0.25, -0.2) is 0 Å². The van der Waals surface area contributed by atoms with Crippen LogP contribution in [0.25, 0.3) is 0 Å². The van der Waals surface area contributed by atoms with E-state index in [1.807, 2.05) is 0 Å². The standard InChI is InChI=1S/C16H22N2O/c1-2-3-10-17-12-13-7-4-5-8-14(13)18-11-6-9-15(18)16(17)19/h4-5,7-8,15H,2-3,6,9-12H2,1H3/t15-/m0/s1. The first-order valence-corrected chi connectivity index (χ1v) is 7.44. The van der Waals surface area contributed by atoms with E-state index >= 15 is 0 Å². The van der Waals surface area contributed by atoms with Gasteiger partial charge in [-0.3, -0.25) is 4.79 Å². The second kappa shape index (κ2) is 5.24. The second-order valence-corrected chi connectivity index (χ2v) is 5.59. The van der Waals surface area contributed by atoms with Gasteiger partial charge in [-0.15, -0.1) is 0 Å². The van der Waals surface area contributed by atoms with Gasteiger partial charge in [0.2, 0.25) is 5.91 Å². The Morgan fingerprint density at radius 3 is 3.00 bits per heavy atom. The molecule has 2 aliphatic heterocycles. The van der Waals surface area contributed by atoms with Crippen LogP contribution >= 0.6 is 0 Å². The molecule has 1 atom stereocenters. The molecule has 0 unspecified atom stereocenters. The van der Waals surface area contributed by atoms with Crippen molar-refractivity contribution < 1.29 is 4.79 Å². The Morgan fingerprint density at radius 2 is 2.16 bits per heavy atom. The molecule has 3 rings (SSSR count). The molecule has 1 amide bonds. The largest absolute Gasteiger partial charge is 0.359 e. The number of unbranched alkanes of at least 4 members (excludes halogenated alkanes) is 1. The molecule has 102 valence electrons. The number of carbonyl (C=O) groups is 1. The van der Waals surface area contributed by atoms with E-state index in [1.165, 1.54) is 11.3 Å². The Hall–Kier alpha value is -1.51. The van der Waals surface area contributed by atoms with Gasteiger partial charge < -0.3 is 9.80 Å². The van der Waals surface area contributed by atoms with Crippen molar-refractivity contribution in [1.29, 1.82) is 0 Å². The highest BCUT2D eigenvalue weighted by molar-refractivity contribution is 5.87. The molecule has 3 nitrogen and oxygen atoms in total. The summed E-state index contributed by atoms with van der Waals surface area (Å²) in [6.45, 7) is 4.88. The van der Waals surface area contributed by atoms with Crippen LogP contribution in [-0.4, -0.2) is 29.9 Å². The van der Waals surface area contributed by atoms with E-state index in [0.717, 1.165) is 45.3 Å². The maximum Gasteiger partial charge on any atom is 0.245 e. The summed E-state index contributed by atoms with van der Waals surface area (Å²) >= 11 is 0. The van der Waals surface area contributed by atoms with Crippen molar-refractivity contribution in [3.8, 4) is 0 Å². The third kappa shape index (κ3) is 2.22. The van der Waals surface area contributed by atoms with Crippen molar-refractivity contribution in [1.82, 2.24) is 4.90 Å². The van der Waals surface area contributed by atoms with Gasteiger partial charge in [0.25, 0.3) is 0 Å². The summed E-state index contributed by atoms with van der Waals surface area (Å²) < 4.78 is 0. The molecule has 0 aliphatic carbocycles. The number of hydrogen-bond acceptors (Lipinski definition) is 2. The van der Waals surface area contributed by atoms with Crippen molar-refractivity contribution in [2.75, 3.05) is 18.0 Å². The summed E-state index contributed by atoms with van der Waals surface area (Å²) in [6, 6.07) is 8.59. The van der Waals surface area contributed by atoms with Crippen molar-refractivity contribution in [3.05, 3.63) is 29.8 Å². The van der Waals surface area contributed by atoms with Crippen LogP contribution in [0, 0.1) is 0 Å². The molecular formula is C16H22N2O. The highest BCUT2D eigenvalue weighted by atomic mass is 16.2. The van der Waals surface area contributed by atoms with Crippen LogP contribution in [0.4, 0.5) is 5.69 Å². The molecule has 0 saturated carbocycles. The molecule has 0 aromatic heterocycles. The minimum atomic E-state index is 0.0838. The van der Waals surface area contributed by atoms with Gasteiger partial charge >= 0.3 is 0 Å². The van der Waals surface area contributed by atoms with Gasteiger partial charge in [0.1, 0.15) is 6.04 Å². The number of nitrogens with zero attached hydrogens (tertiary/aromatic N) is 2. The van der Waals surface area contributed by atoms with E-state index in [0.29, 0.717) is 5.91 Å². The van der Waals surface area contributed by atoms with Crippen molar-refractivity contribution in [2.24, 2.45) is 0 Å². The topological polar surface area (TPSA) is 23.6 Å². The average molecular weight is 258 g/mol. The molecule has 1 saturated heterocycles. The van der Waals surface area contributed by atoms with E-state index < -0.39 is 0 Å². The quantitative estimate of drug-likeness (QED) is 0.832. The number of benzene rings is 1. The van der Waals surface area contributed by atoms with Crippen LogP contribution in [0.3, 0.4) is 0 Å². The Labute approximate surface area is 115 Å². The molecule has 19 heavy (non-hydrogen) atoms. The molecule has 1 fully saturated rings. The summed E-state index contributed by atoms with van der Waals surface area (Å²) in [5.41, 5.74) is 2.58. The Balaban J connectivity index is 1.94. The summed E-state index contributed by atoms with van der Waals surface area (Å²) in [7, 11) is 0. The fourth-order valence-electron chi connectivity index (χ4n) is 3.27. The molecule has 3 heteroatoms. The van der Waals surface area contributed by atoms with Gasteiger partial charge in [-0.05, 0) is 30.9 Å². The van der Waals surface area contributed by atoms with Crippen molar-refractivity contribution in [2.45, 2.75) is 45.2 Å². The smallest absolute Gasteiger partial charge is 0.245 e. The van der Waals surface area contributed by atoms with Crippen LogP contribution in [0.2, 0.25) is 0 Å². The number of para-hydroxylation sites is 1. The van der Waals surface area contributed by atoms with E-state index in [9.17, 15) is 4.79 Å². The zero-order valence-corrected chi connectivity index (χ0v) is 11.6. The molecule has 0 spiro atoms. The number of rotatable bonds is 3. The highest BCUT2D eigenvalue weighted by Gasteiger charge is 2.37. The molecular weight excluding hydrogens is 236 g/mol. The molecule has 1 aromatic carbocycles. The van der Waals surface area contributed by atoms with Crippen molar-refractivity contribution in [3.63, 3.8) is 0 Å². The normalized spacial score (nSPS) is 22.2. The van der Waals surface area contributed by atoms with Crippen LogP contribution in [0.1, 0.15) is 38.2 Å². The van der Waals surface area contributed by atoms with E-state index in [-0.39, 0.29) is 6.04 Å². The van der Waals surface area contributed by atoms with Crippen molar-refractivity contribution >= 4 is 11.6 Å². The Kier molecular flexibility index (Phi) is 3.45. The molecule has 1 aromatic rings. The Morgan fingerprint density at radius 1 is 1.32 bits per heavy atom. The zero-order chi connectivity index (χ0) is 13.2. The highest BCUT2D eigenvalue weighted by Crippen LogP contribution is 2.33. The number of anilines is 1. The van der Waals surface area contributed by atoms with Gasteiger partial charge in [-0.1, -0.05) is 31.5 Å². The van der Waals surface area contributed by atoms with Gasteiger partial charge in [-0.2, -0.15) is 0 Å². The number of hydrogen-bond donors (Lipinski definition) is 0. The SMILES string of the molecule is CCCCN1Cc2ccccc2N2CCC[C@H]2C1=O. The van der Waals surface area contributed by atoms with Gasteiger partial charge in [0.15, 0.2) is 0 Å². The first kappa shape index (κ1) is 12.5. The van der Waals surface area contributed by atoms with Crippen LogP contribution in [-0.2, 0) is 11.3 Å². The minimum Gasteiger partial charge on any atom is -0.359 e. The first-order valence-electron chi connectivity index (χ1n) is 7.44. The van der Waals surface area contributed by atoms with Crippen LogP contribution < -0.4 is 4.90 Å². The second-order valence-electron chi connectivity index (χ2n) is 5.59. The first-order chi connectivity index (χ1) is 9.31. The van der Waals surface area contributed by atoms with Crippen LogP contribution in [0.5, 0.6) is 0 Å². The maximum absolute atomic E-state index is 12.7. The number of carbonyl (C=O) groups excluding carboxylic acids is 1. The average Bonchev–Trinajstić information content (AvgIpc) is 2.88. The fraction of sp³-hybridized carbons (Fsp3) is 0.562. The third-order valence-corrected chi connectivity index (χ3v) is 4.29. The maximum atomic E-state index is 12.7. The lowest BCUT2D eigenvalue weighted by atomic mass is 10.1. The minimum absolute atomic E-state index is 0.0838. The molecule has 2 aliphatic rings. The van der Waals surface area contributed by atoms with Crippen LogP contribution in [0.15, 0.2) is 24.3 Å². The Bertz CT molecular complexity index is 472. The third-order valence-electron chi connectivity index (χ3n) is 4.29. The van der Waals surface area contributed by atoms with E-state index in [1.54, 1.807) is 0 Å². The lowest BCUT2D eigenvalue weighted by molar-refractivity contribution is -0.132. The summed E-state index contributed by atoms with van der Waals surface area (Å²) in [6.07, 6.45) is 4.38. The molecule has 0 bridgehead atoms. The summed E-state index contributed by atoms with van der Waals surface area (Å²) in [4.78, 5) is 17.1. The predicted molar refractivity (Wildman–Crippen MR) is 77.1 cm³/mol. The lowest BCUT2D eigenvalue weighted by Crippen LogP contribution is -2.43. The summed E-state index contributed by atoms with van der Waals surface area (Å²) in [5.74, 6) is 0.335. The number of amides is 1. The molecule has 2 heterocycles. The monoisotopic (exact) mass is 258 g/mol. The van der Waals surface area contributed by atoms with E-state index in [2.05, 4.69) is 41.0 Å². The lowest BCUT2D eigenvalue weighted by Gasteiger charge is -2.26. The fourth-order valence-corrected chi connectivity index (χ4v) is 3.27. The van der Waals surface area contributed by atoms with Gasteiger partial charge in [0.05, 0.1) is 0 Å². The number of fused-ring (bicyclic) bond motifs is 3. The van der Waals surface area contributed by atoms with Gasteiger partial charge in [0, 0.05) is 25.3 Å².